The molecule has 1 amide bonds. The first kappa shape index (κ1) is 20.2. The Bertz CT molecular complexity index is 1080. The van der Waals surface area contributed by atoms with E-state index in [1.165, 1.54) is 42.5 Å². The Morgan fingerprint density at radius 1 is 1.11 bits per heavy atom. The van der Waals surface area contributed by atoms with E-state index in [1.807, 2.05) is 0 Å². The van der Waals surface area contributed by atoms with Crippen LogP contribution >= 0.6 is 11.3 Å². The molecular formula is C20H17F2NO3S2. The van der Waals surface area contributed by atoms with Gasteiger partial charge in [-0.15, -0.1) is 11.3 Å². The van der Waals surface area contributed by atoms with Crippen LogP contribution in [0.4, 0.5) is 8.78 Å². The summed E-state index contributed by atoms with van der Waals surface area (Å²) in [5.74, 6) is -1.47. The second-order valence-electron chi connectivity index (χ2n) is 6.18. The lowest BCUT2D eigenvalue weighted by molar-refractivity contribution is 0.0953. The van der Waals surface area contributed by atoms with E-state index in [1.54, 1.807) is 17.5 Å². The van der Waals surface area contributed by atoms with Crippen molar-refractivity contribution in [2.75, 3.05) is 6.54 Å². The second-order valence-corrected chi connectivity index (χ2v) is 9.29. The highest BCUT2D eigenvalue weighted by Gasteiger charge is 2.31. The molecule has 0 saturated carbocycles. The molecule has 28 heavy (non-hydrogen) atoms. The Balaban J connectivity index is 1.88. The molecule has 0 aliphatic heterocycles. The van der Waals surface area contributed by atoms with Gasteiger partial charge in [0.1, 0.15) is 16.9 Å². The van der Waals surface area contributed by atoms with Gasteiger partial charge in [0.2, 0.25) is 0 Å². The number of aryl methyl sites for hydroxylation is 1. The van der Waals surface area contributed by atoms with Crippen LogP contribution in [0.15, 0.2) is 64.9 Å². The number of rotatable bonds is 6. The van der Waals surface area contributed by atoms with E-state index in [-0.39, 0.29) is 22.6 Å². The number of amides is 1. The lowest BCUT2D eigenvalue weighted by atomic mass is 10.2. The molecular weight excluding hydrogens is 404 g/mol. The van der Waals surface area contributed by atoms with Crippen LogP contribution in [0.5, 0.6) is 0 Å². The Kier molecular flexibility index (Phi) is 5.90. The normalized spacial score (nSPS) is 12.5. The van der Waals surface area contributed by atoms with Gasteiger partial charge in [0.05, 0.1) is 4.90 Å². The molecule has 8 heteroatoms. The number of benzene rings is 2. The molecule has 3 rings (SSSR count). The van der Waals surface area contributed by atoms with Gasteiger partial charge < -0.3 is 5.32 Å². The van der Waals surface area contributed by atoms with Crippen LogP contribution in [-0.2, 0) is 9.84 Å². The highest BCUT2D eigenvalue weighted by molar-refractivity contribution is 7.91. The summed E-state index contributed by atoms with van der Waals surface area (Å²) in [5, 5.41) is 3.32. The number of sulfone groups is 1. The molecule has 0 radical (unpaired) electrons. The van der Waals surface area contributed by atoms with E-state index in [2.05, 4.69) is 5.32 Å². The van der Waals surface area contributed by atoms with Crippen LogP contribution in [0.1, 0.15) is 26.0 Å². The Morgan fingerprint density at radius 3 is 2.43 bits per heavy atom. The maximum atomic E-state index is 13.6. The first-order chi connectivity index (χ1) is 13.3. The molecule has 0 saturated heterocycles. The largest absolute Gasteiger partial charge is 0.350 e. The van der Waals surface area contributed by atoms with Gasteiger partial charge in [-0.3, -0.25) is 4.79 Å². The van der Waals surface area contributed by atoms with Gasteiger partial charge in [-0.25, -0.2) is 17.2 Å². The third-order valence-corrected chi connectivity index (χ3v) is 7.46. The maximum Gasteiger partial charge on any atom is 0.251 e. The fraction of sp³-hybridized carbons (Fsp3) is 0.150. The van der Waals surface area contributed by atoms with Crippen LogP contribution < -0.4 is 5.32 Å². The zero-order chi connectivity index (χ0) is 20.3. The molecule has 2 aromatic carbocycles. The van der Waals surface area contributed by atoms with Gasteiger partial charge in [-0.1, -0.05) is 6.07 Å². The van der Waals surface area contributed by atoms with E-state index >= 15 is 0 Å². The SMILES string of the molecule is Cc1cc(S(=O)(=O)[C@H](CNC(=O)c2ccc(F)cc2)c2cccs2)ccc1F. The fourth-order valence-corrected chi connectivity index (χ4v) is 5.55. The van der Waals surface area contributed by atoms with Crippen molar-refractivity contribution >= 4 is 27.1 Å². The Morgan fingerprint density at radius 2 is 1.82 bits per heavy atom. The number of halogens is 2. The van der Waals surface area contributed by atoms with Crippen LogP contribution in [0, 0.1) is 18.6 Å². The van der Waals surface area contributed by atoms with Crippen molar-refractivity contribution in [2.24, 2.45) is 0 Å². The van der Waals surface area contributed by atoms with Crippen molar-refractivity contribution in [3.8, 4) is 0 Å². The van der Waals surface area contributed by atoms with Gasteiger partial charge in [-0.05, 0) is 66.4 Å². The van der Waals surface area contributed by atoms with Crippen LogP contribution in [0.25, 0.3) is 0 Å². The minimum Gasteiger partial charge on any atom is -0.350 e. The number of carbonyl (C=O) groups is 1. The molecule has 3 aromatic rings. The third-order valence-electron chi connectivity index (χ3n) is 4.25. The second kappa shape index (κ2) is 8.20. The summed E-state index contributed by atoms with van der Waals surface area (Å²) in [5.41, 5.74) is 0.447. The highest BCUT2D eigenvalue weighted by Crippen LogP contribution is 2.32. The molecule has 0 bridgehead atoms. The van der Waals surface area contributed by atoms with E-state index < -0.39 is 32.6 Å². The zero-order valence-electron chi connectivity index (χ0n) is 14.9. The lowest BCUT2D eigenvalue weighted by Gasteiger charge is -2.18. The van der Waals surface area contributed by atoms with Crippen LogP contribution in [0.2, 0.25) is 0 Å². The Hall–Kier alpha value is -2.58. The van der Waals surface area contributed by atoms with Gasteiger partial charge in [-0.2, -0.15) is 0 Å². The summed E-state index contributed by atoms with van der Waals surface area (Å²) in [6.07, 6.45) is 0. The lowest BCUT2D eigenvalue weighted by Crippen LogP contribution is -2.31. The van der Waals surface area contributed by atoms with Crippen molar-refractivity contribution in [2.45, 2.75) is 17.1 Å². The zero-order valence-corrected chi connectivity index (χ0v) is 16.5. The molecule has 4 nitrogen and oxygen atoms in total. The molecule has 0 fully saturated rings. The predicted molar refractivity (Wildman–Crippen MR) is 104 cm³/mol. The van der Waals surface area contributed by atoms with E-state index in [4.69, 9.17) is 0 Å². The topological polar surface area (TPSA) is 63.2 Å². The predicted octanol–water partition coefficient (Wildman–Crippen LogP) is 4.28. The quantitative estimate of drug-likeness (QED) is 0.605. The number of thiophene rings is 1. The molecule has 0 aliphatic rings. The van der Waals surface area contributed by atoms with Crippen molar-refractivity contribution in [1.82, 2.24) is 5.32 Å². The monoisotopic (exact) mass is 421 g/mol. The molecule has 1 N–H and O–H groups in total. The van der Waals surface area contributed by atoms with Crippen molar-refractivity contribution in [3.05, 3.63) is 87.6 Å². The molecule has 146 valence electrons. The highest BCUT2D eigenvalue weighted by atomic mass is 32.2. The molecule has 1 atom stereocenters. The van der Waals surface area contributed by atoms with E-state index in [0.717, 1.165) is 18.2 Å². The fourth-order valence-electron chi connectivity index (χ4n) is 2.68. The first-order valence-corrected chi connectivity index (χ1v) is 10.8. The molecule has 1 heterocycles. The van der Waals surface area contributed by atoms with Crippen molar-refractivity contribution < 1.29 is 22.0 Å². The summed E-state index contributed by atoms with van der Waals surface area (Å²) in [7, 11) is -3.88. The van der Waals surface area contributed by atoms with Crippen LogP contribution in [-0.4, -0.2) is 20.9 Å². The van der Waals surface area contributed by atoms with Gasteiger partial charge in [0.15, 0.2) is 9.84 Å². The summed E-state index contributed by atoms with van der Waals surface area (Å²) in [6, 6.07) is 12.0. The molecule has 1 aromatic heterocycles. The number of hydrogen-bond donors (Lipinski definition) is 1. The number of carbonyl (C=O) groups excluding carboxylic acids is 1. The van der Waals surface area contributed by atoms with E-state index in [9.17, 15) is 22.0 Å². The minimum atomic E-state index is -3.88. The number of nitrogens with one attached hydrogen (secondary N) is 1. The van der Waals surface area contributed by atoms with Crippen LogP contribution in [0.3, 0.4) is 0 Å². The molecule has 0 aliphatic carbocycles. The third kappa shape index (κ3) is 4.28. The smallest absolute Gasteiger partial charge is 0.251 e. The van der Waals surface area contributed by atoms with Crippen molar-refractivity contribution in [1.29, 1.82) is 0 Å². The van der Waals surface area contributed by atoms with E-state index in [0.29, 0.717) is 4.88 Å². The standard InChI is InChI=1S/C20H17F2NO3S2/c1-13-11-16(8-9-17(13)22)28(25,26)19(18-3-2-10-27-18)12-23-20(24)14-4-6-15(21)7-5-14/h2-11,19H,12H2,1H3,(H,23,24)/t19-/m1/s1. The van der Waals surface area contributed by atoms with Gasteiger partial charge in [0, 0.05) is 17.0 Å². The number of hydrogen-bond acceptors (Lipinski definition) is 4. The Labute approximate surface area is 165 Å². The average molecular weight is 421 g/mol. The van der Waals surface area contributed by atoms with Gasteiger partial charge in [0.25, 0.3) is 5.91 Å². The summed E-state index contributed by atoms with van der Waals surface area (Å²) < 4.78 is 52.9. The van der Waals surface area contributed by atoms with Gasteiger partial charge >= 0.3 is 0 Å². The summed E-state index contributed by atoms with van der Waals surface area (Å²) in [4.78, 5) is 12.9. The minimum absolute atomic E-state index is 0.0131. The summed E-state index contributed by atoms with van der Waals surface area (Å²) >= 11 is 1.26. The average Bonchev–Trinajstić information content (AvgIpc) is 3.18. The van der Waals surface area contributed by atoms with Crippen molar-refractivity contribution in [3.63, 3.8) is 0 Å². The summed E-state index contributed by atoms with van der Waals surface area (Å²) in [6.45, 7) is 1.32. The molecule has 0 unspecified atom stereocenters. The molecule has 0 spiro atoms. The first-order valence-electron chi connectivity index (χ1n) is 8.36. The maximum absolute atomic E-state index is 13.6.